The van der Waals surface area contributed by atoms with Gasteiger partial charge < -0.3 is 19.4 Å². The second-order valence-corrected chi connectivity index (χ2v) is 14.1. The molecule has 10 heteroatoms. The fourth-order valence-electron chi connectivity index (χ4n) is 6.61. The number of hydrogen-bond acceptors (Lipinski definition) is 6. The van der Waals surface area contributed by atoms with Crippen LogP contribution in [0.15, 0.2) is 41.5 Å². The van der Waals surface area contributed by atoms with Crippen molar-refractivity contribution in [3.8, 4) is 0 Å². The second kappa shape index (κ2) is 10.7. The molecule has 216 valence electrons. The number of aromatic nitrogens is 1. The number of carbonyl (C=O) groups excluding carboxylic acids is 1. The number of nitrogens with zero attached hydrogens (tertiary/aromatic N) is 3. The summed E-state index contributed by atoms with van der Waals surface area (Å²) in [6.07, 6.45) is 12.2. The van der Waals surface area contributed by atoms with E-state index in [9.17, 15) is 13.2 Å². The zero-order chi connectivity index (χ0) is 28.0. The fraction of sp³-hybridized carbons (Fsp3) is 0.600. The van der Waals surface area contributed by atoms with Crippen molar-refractivity contribution in [2.24, 2.45) is 10.9 Å². The third kappa shape index (κ3) is 5.51. The monoisotopic (exact) mass is 568 g/mol. The third-order valence-corrected chi connectivity index (χ3v) is 10.6. The van der Waals surface area contributed by atoms with Crippen molar-refractivity contribution in [3.05, 3.63) is 42.1 Å². The topological polar surface area (TPSA) is 102 Å². The Morgan fingerprint density at radius 1 is 1.12 bits per heavy atom. The predicted molar refractivity (Wildman–Crippen MR) is 155 cm³/mol. The van der Waals surface area contributed by atoms with E-state index >= 15 is 0 Å². The molecule has 4 heterocycles. The van der Waals surface area contributed by atoms with E-state index in [4.69, 9.17) is 14.5 Å². The number of amides is 1. The van der Waals surface area contributed by atoms with Crippen LogP contribution in [0, 0.1) is 5.92 Å². The second-order valence-electron chi connectivity index (χ2n) is 12.1. The highest BCUT2D eigenvalue weighted by molar-refractivity contribution is 7.89. The van der Waals surface area contributed by atoms with E-state index in [1.54, 1.807) is 6.08 Å². The Labute approximate surface area is 236 Å². The molecule has 1 amide bonds. The standard InChI is InChI=1S/C30H40N4O5S/c1-29(2)38-21-24(39-29)20-33-16-13-25-22(10-6-12-26(25)33)11-7-19-40(36,37)34-17-14-30(15-18-34)28(35)31-27(32-30)23-8-4-3-5-9-23/h6-7,10-13,16,23-24H,3-5,8-9,14-15,17-21H2,1-2H3,(H,31,32,35)/t24-/m0/s1. The van der Waals surface area contributed by atoms with Gasteiger partial charge in [0, 0.05) is 36.1 Å². The molecule has 0 radical (unpaired) electrons. The van der Waals surface area contributed by atoms with E-state index in [0.29, 0.717) is 45.0 Å². The number of aliphatic imine (C=N–C) groups is 1. The number of fused-ring (bicyclic) bond motifs is 1. The van der Waals surface area contributed by atoms with Crippen molar-refractivity contribution in [2.75, 3.05) is 25.4 Å². The smallest absolute Gasteiger partial charge is 0.253 e. The van der Waals surface area contributed by atoms with Gasteiger partial charge in [-0.05, 0) is 57.2 Å². The minimum Gasteiger partial charge on any atom is -0.348 e. The highest BCUT2D eigenvalue weighted by Crippen LogP contribution is 2.35. The minimum absolute atomic E-state index is 0.0153. The number of benzene rings is 1. The van der Waals surface area contributed by atoms with Gasteiger partial charge >= 0.3 is 0 Å². The van der Waals surface area contributed by atoms with Gasteiger partial charge in [0.15, 0.2) is 5.79 Å². The third-order valence-electron chi connectivity index (χ3n) is 8.85. The predicted octanol–water partition coefficient (Wildman–Crippen LogP) is 4.08. The molecule has 1 saturated carbocycles. The van der Waals surface area contributed by atoms with Crippen molar-refractivity contribution in [1.29, 1.82) is 0 Å². The summed E-state index contributed by atoms with van der Waals surface area (Å²) in [5.41, 5.74) is 1.24. The molecular formula is C30H40N4O5S. The summed E-state index contributed by atoms with van der Waals surface area (Å²) in [6.45, 7) is 5.72. The SMILES string of the molecule is CC1(C)OC[C@H](Cn2ccc3c(C=CCS(=O)(=O)N4CCC5(CC4)N=C(C4CCCCC4)NC5=O)cccc32)O1. The van der Waals surface area contributed by atoms with Gasteiger partial charge in [-0.1, -0.05) is 43.5 Å². The molecular weight excluding hydrogens is 528 g/mol. The first kappa shape index (κ1) is 27.6. The van der Waals surface area contributed by atoms with Crippen LogP contribution in [0.1, 0.15) is 64.4 Å². The molecule has 0 unspecified atom stereocenters. The first-order chi connectivity index (χ1) is 19.1. The zero-order valence-electron chi connectivity index (χ0n) is 23.5. The van der Waals surface area contributed by atoms with Gasteiger partial charge in [0.05, 0.1) is 18.9 Å². The maximum Gasteiger partial charge on any atom is 0.253 e. The lowest BCUT2D eigenvalue weighted by atomic mass is 9.88. The molecule has 3 aliphatic heterocycles. The van der Waals surface area contributed by atoms with Crippen LogP contribution >= 0.6 is 0 Å². The lowest BCUT2D eigenvalue weighted by Gasteiger charge is -2.34. The van der Waals surface area contributed by atoms with Gasteiger partial charge in [0.25, 0.3) is 5.91 Å². The molecule has 2 aromatic rings. The molecule has 6 rings (SSSR count). The number of carbonyl (C=O) groups is 1. The van der Waals surface area contributed by atoms with E-state index in [2.05, 4.69) is 22.0 Å². The van der Waals surface area contributed by atoms with Crippen LogP contribution in [0.2, 0.25) is 0 Å². The highest BCUT2D eigenvalue weighted by Gasteiger charge is 2.48. The molecule has 0 bridgehead atoms. The molecule has 1 atom stereocenters. The van der Waals surface area contributed by atoms with Crippen LogP contribution in [0.5, 0.6) is 0 Å². The first-order valence-corrected chi connectivity index (χ1v) is 16.2. The Hall–Kier alpha value is -2.53. The summed E-state index contributed by atoms with van der Waals surface area (Å²) in [4.78, 5) is 17.8. The van der Waals surface area contributed by atoms with Crippen molar-refractivity contribution in [1.82, 2.24) is 14.2 Å². The van der Waals surface area contributed by atoms with Gasteiger partial charge in [-0.25, -0.2) is 12.7 Å². The summed E-state index contributed by atoms with van der Waals surface area (Å²) in [6, 6.07) is 8.11. The maximum atomic E-state index is 13.2. The van der Waals surface area contributed by atoms with Gasteiger partial charge in [-0.15, -0.1) is 0 Å². The van der Waals surface area contributed by atoms with Crippen molar-refractivity contribution >= 4 is 38.7 Å². The molecule has 1 aromatic heterocycles. The summed E-state index contributed by atoms with van der Waals surface area (Å²) >= 11 is 0. The number of piperidine rings is 1. The Kier molecular flexibility index (Phi) is 7.39. The molecule has 4 aliphatic rings. The number of nitrogens with one attached hydrogen (secondary N) is 1. The fourth-order valence-corrected chi connectivity index (χ4v) is 7.90. The molecule has 3 fully saturated rings. The Morgan fingerprint density at radius 2 is 1.90 bits per heavy atom. The number of amidine groups is 1. The molecule has 1 N–H and O–H groups in total. The van der Waals surface area contributed by atoms with E-state index in [1.807, 2.05) is 38.3 Å². The van der Waals surface area contributed by atoms with Crippen LogP contribution < -0.4 is 5.32 Å². The van der Waals surface area contributed by atoms with Crippen LogP contribution in [-0.4, -0.2) is 71.9 Å². The van der Waals surface area contributed by atoms with Crippen molar-refractivity contribution in [2.45, 2.75) is 82.8 Å². The van der Waals surface area contributed by atoms with Crippen molar-refractivity contribution < 1.29 is 22.7 Å². The first-order valence-electron chi connectivity index (χ1n) is 14.6. The Bertz CT molecular complexity index is 1430. The van der Waals surface area contributed by atoms with Crippen LogP contribution in [-0.2, 0) is 30.8 Å². The molecule has 1 aromatic carbocycles. The molecule has 1 spiro atoms. The van der Waals surface area contributed by atoms with Crippen LogP contribution in [0.3, 0.4) is 0 Å². The average Bonchev–Trinajstić information content (AvgIpc) is 3.60. The summed E-state index contributed by atoms with van der Waals surface area (Å²) in [5.74, 6) is 0.474. The maximum absolute atomic E-state index is 13.2. The normalized spacial score (nSPS) is 25.7. The average molecular weight is 569 g/mol. The number of hydrogen-bond donors (Lipinski definition) is 1. The Morgan fingerprint density at radius 3 is 2.62 bits per heavy atom. The van der Waals surface area contributed by atoms with E-state index in [0.717, 1.165) is 35.1 Å². The lowest BCUT2D eigenvalue weighted by molar-refractivity contribution is -0.139. The molecule has 1 aliphatic carbocycles. The molecule has 9 nitrogen and oxygen atoms in total. The number of ether oxygens (including phenoxy) is 2. The van der Waals surface area contributed by atoms with Crippen LogP contribution in [0.25, 0.3) is 17.0 Å². The zero-order valence-corrected chi connectivity index (χ0v) is 24.3. The highest BCUT2D eigenvalue weighted by atomic mass is 32.2. The Balaban J connectivity index is 1.08. The van der Waals surface area contributed by atoms with Crippen LogP contribution in [0.4, 0.5) is 0 Å². The van der Waals surface area contributed by atoms with E-state index in [1.165, 1.54) is 23.6 Å². The van der Waals surface area contributed by atoms with Gasteiger partial charge in [-0.3, -0.25) is 9.79 Å². The number of sulfonamides is 1. The van der Waals surface area contributed by atoms with Gasteiger partial charge in [0.2, 0.25) is 10.0 Å². The summed E-state index contributed by atoms with van der Waals surface area (Å²) in [7, 11) is -3.50. The molecule has 40 heavy (non-hydrogen) atoms. The molecule has 2 saturated heterocycles. The summed E-state index contributed by atoms with van der Waals surface area (Å²) in [5, 5.41) is 4.11. The quantitative estimate of drug-likeness (QED) is 0.542. The number of rotatable bonds is 7. The van der Waals surface area contributed by atoms with E-state index < -0.39 is 21.3 Å². The van der Waals surface area contributed by atoms with E-state index in [-0.39, 0.29) is 17.8 Å². The minimum atomic E-state index is -3.50. The largest absolute Gasteiger partial charge is 0.348 e. The lowest BCUT2D eigenvalue weighted by Crippen LogP contribution is -2.50. The van der Waals surface area contributed by atoms with Gasteiger partial charge in [0.1, 0.15) is 17.5 Å². The van der Waals surface area contributed by atoms with Gasteiger partial charge in [-0.2, -0.15) is 0 Å². The summed E-state index contributed by atoms with van der Waals surface area (Å²) < 4.78 is 41.7. The van der Waals surface area contributed by atoms with Crippen molar-refractivity contribution in [3.63, 3.8) is 0 Å².